The van der Waals surface area contributed by atoms with Crippen LogP contribution in [0, 0.1) is 11.7 Å². The number of carbonyl (C=O) groups excluding carboxylic acids is 1. The Kier molecular flexibility index (Phi) is 9.09. The minimum Gasteiger partial charge on any atom is -0.478 e. The van der Waals surface area contributed by atoms with E-state index in [1.165, 1.54) is 12.1 Å². The molecule has 2 aromatic carbocycles. The van der Waals surface area contributed by atoms with Gasteiger partial charge in [-0.15, -0.1) is 0 Å². The number of nitrogens with zero attached hydrogens (tertiary/aromatic N) is 2. The van der Waals surface area contributed by atoms with Gasteiger partial charge < -0.3 is 15.0 Å². The summed E-state index contributed by atoms with van der Waals surface area (Å²) in [5.74, 6) is -0.729. The molecule has 1 heterocycles. The summed E-state index contributed by atoms with van der Waals surface area (Å²) in [5, 5.41) is 9.45. The number of carboxylic acids is 1. The smallest absolute Gasteiger partial charge is 0.336 e. The van der Waals surface area contributed by atoms with Crippen LogP contribution in [-0.2, 0) is 12.8 Å². The van der Waals surface area contributed by atoms with Crippen LogP contribution in [-0.4, -0.2) is 44.3 Å². The molecule has 8 heteroatoms. The summed E-state index contributed by atoms with van der Waals surface area (Å²) >= 11 is 4.31. The SMILES string of the molecule is CCCc1nc(C(=O)N(CS)CCC(C)C)[nH]c1Cc1ccc(-c2ccccc2C(=O)O)cc1F. The Morgan fingerprint density at radius 2 is 1.94 bits per heavy atom. The Bertz CT molecular complexity index is 1190. The van der Waals surface area contributed by atoms with Crippen molar-refractivity contribution in [1.29, 1.82) is 0 Å². The van der Waals surface area contributed by atoms with E-state index in [0.717, 1.165) is 18.5 Å². The first-order chi connectivity index (χ1) is 16.7. The van der Waals surface area contributed by atoms with Crippen molar-refractivity contribution in [2.75, 3.05) is 12.4 Å². The summed E-state index contributed by atoms with van der Waals surface area (Å²) in [7, 11) is 0. The molecule has 1 aromatic heterocycles. The molecule has 0 spiro atoms. The van der Waals surface area contributed by atoms with Gasteiger partial charge in [-0.25, -0.2) is 14.2 Å². The number of aryl methyl sites for hydroxylation is 1. The van der Waals surface area contributed by atoms with Gasteiger partial charge in [-0.1, -0.05) is 57.5 Å². The number of rotatable bonds is 11. The molecule has 1 amide bonds. The fourth-order valence-electron chi connectivity index (χ4n) is 3.91. The van der Waals surface area contributed by atoms with E-state index in [2.05, 4.69) is 36.4 Å². The number of hydrogen-bond donors (Lipinski definition) is 3. The van der Waals surface area contributed by atoms with Crippen molar-refractivity contribution in [3.8, 4) is 11.1 Å². The zero-order valence-corrected chi connectivity index (χ0v) is 21.2. The van der Waals surface area contributed by atoms with E-state index >= 15 is 4.39 Å². The molecule has 2 N–H and O–H groups in total. The Hall–Kier alpha value is -3.13. The number of hydrogen-bond acceptors (Lipinski definition) is 4. The number of thiol groups is 1. The lowest BCUT2D eigenvalue weighted by Crippen LogP contribution is -2.32. The summed E-state index contributed by atoms with van der Waals surface area (Å²) in [6, 6.07) is 11.3. The third-order valence-corrected chi connectivity index (χ3v) is 6.22. The Labute approximate surface area is 211 Å². The van der Waals surface area contributed by atoms with Gasteiger partial charge in [0.05, 0.1) is 17.1 Å². The van der Waals surface area contributed by atoms with Gasteiger partial charge in [0, 0.05) is 18.7 Å². The molecule has 0 saturated carbocycles. The van der Waals surface area contributed by atoms with E-state index in [1.807, 2.05) is 6.92 Å². The number of nitrogens with one attached hydrogen (secondary N) is 1. The lowest BCUT2D eigenvalue weighted by Gasteiger charge is -2.20. The molecule has 6 nitrogen and oxygen atoms in total. The number of carbonyl (C=O) groups is 2. The maximum absolute atomic E-state index is 15.1. The predicted molar refractivity (Wildman–Crippen MR) is 139 cm³/mol. The Morgan fingerprint density at radius 1 is 1.20 bits per heavy atom. The number of imidazole rings is 1. The van der Waals surface area contributed by atoms with E-state index in [9.17, 15) is 14.7 Å². The zero-order valence-electron chi connectivity index (χ0n) is 20.3. The topological polar surface area (TPSA) is 86.3 Å². The average Bonchev–Trinajstić information content (AvgIpc) is 3.23. The van der Waals surface area contributed by atoms with Crippen molar-refractivity contribution in [3.05, 3.63) is 76.6 Å². The number of H-pyrrole nitrogens is 1. The van der Waals surface area contributed by atoms with Gasteiger partial charge >= 0.3 is 5.97 Å². The normalized spacial score (nSPS) is 11.1. The van der Waals surface area contributed by atoms with E-state index in [4.69, 9.17) is 0 Å². The minimum atomic E-state index is -1.06. The maximum Gasteiger partial charge on any atom is 0.336 e. The maximum atomic E-state index is 15.1. The van der Waals surface area contributed by atoms with Crippen molar-refractivity contribution in [3.63, 3.8) is 0 Å². The van der Waals surface area contributed by atoms with E-state index < -0.39 is 11.8 Å². The summed E-state index contributed by atoms with van der Waals surface area (Å²) < 4.78 is 15.1. The molecule has 186 valence electrons. The lowest BCUT2D eigenvalue weighted by molar-refractivity contribution is 0.0696. The molecule has 0 radical (unpaired) electrons. The van der Waals surface area contributed by atoms with Crippen LogP contribution in [0.3, 0.4) is 0 Å². The van der Waals surface area contributed by atoms with Crippen molar-refractivity contribution in [2.24, 2.45) is 5.92 Å². The van der Waals surface area contributed by atoms with Crippen LogP contribution in [0.25, 0.3) is 11.1 Å². The number of benzene rings is 2. The first-order valence-corrected chi connectivity index (χ1v) is 12.5. The number of carboxylic acid groups (broad SMARTS) is 1. The largest absolute Gasteiger partial charge is 0.478 e. The van der Waals surface area contributed by atoms with Crippen molar-refractivity contribution in [2.45, 2.75) is 46.5 Å². The Balaban J connectivity index is 1.88. The molecular formula is C27H32FN3O3S. The first kappa shape index (κ1) is 26.5. The van der Waals surface area contributed by atoms with Gasteiger partial charge in [-0.05, 0) is 47.6 Å². The van der Waals surface area contributed by atoms with Crippen molar-refractivity contribution < 1.29 is 19.1 Å². The second kappa shape index (κ2) is 12.0. The molecular weight excluding hydrogens is 465 g/mol. The molecule has 0 saturated heterocycles. The summed E-state index contributed by atoms with van der Waals surface area (Å²) in [4.78, 5) is 33.9. The van der Waals surface area contributed by atoms with Gasteiger partial charge in [0.1, 0.15) is 5.82 Å². The second-order valence-corrected chi connectivity index (χ2v) is 9.27. The van der Waals surface area contributed by atoms with E-state index in [1.54, 1.807) is 35.2 Å². The second-order valence-electron chi connectivity index (χ2n) is 8.99. The molecule has 0 aliphatic heterocycles. The van der Waals surface area contributed by atoms with Gasteiger partial charge in [0.2, 0.25) is 0 Å². The average molecular weight is 498 g/mol. The standard InChI is InChI=1S/C27H32FN3O3S/c1-4-7-23-24(30-25(29-23)26(32)31(16-35)13-12-17(2)3)15-19-11-10-18(14-22(19)28)20-8-5-6-9-21(20)27(33)34/h5-6,8-11,14,17,35H,4,7,12-13,15-16H2,1-3H3,(H,29,30)(H,33,34). The molecule has 0 aliphatic carbocycles. The van der Waals surface area contributed by atoms with Crippen LogP contribution < -0.4 is 0 Å². The minimum absolute atomic E-state index is 0.118. The molecule has 0 atom stereocenters. The van der Waals surface area contributed by atoms with Crippen LogP contribution in [0.5, 0.6) is 0 Å². The van der Waals surface area contributed by atoms with Crippen LogP contribution >= 0.6 is 12.6 Å². The van der Waals surface area contributed by atoms with Gasteiger partial charge in [-0.2, -0.15) is 12.6 Å². The van der Waals surface area contributed by atoms with Crippen LogP contribution in [0.4, 0.5) is 4.39 Å². The van der Waals surface area contributed by atoms with E-state index in [-0.39, 0.29) is 23.7 Å². The molecule has 0 unspecified atom stereocenters. The number of halogens is 1. The number of aromatic amines is 1. The highest BCUT2D eigenvalue weighted by atomic mass is 32.1. The number of aromatic carboxylic acids is 1. The quantitative estimate of drug-likeness (QED) is 0.230. The van der Waals surface area contributed by atoms with Gasteiger partial charge in [0.15, 0.2) is 5.82 Å². The molecule has 0 bridgehead atoms. The monoisotopic (exact) mass is 497 g/mol. The molecule has 0 fully saturated rings. The number of aromatic nitrogens is 2. The zero-order chi connectivity index (χ0) is 25.5. The van der Waals surface area contributed by atoms with Crippen LogP contribution in [0.15, 0.2) is 42.5 Å². The summed E-state index contributed by atoms with van der Waals surface area (Å²) in [5.41, 5.74) is 2.96. The van der Waals surface area contributed by atoms with Crippen molar-refractivity contribution >= 4 is 24.5 Å². The highest BCUT2D eigenvalue weighted by Crippen LogP contribution is 2.27. The molecule has 3 aromatic rings. The fourth-order valence-corrected chi connectivity index (χ4v) is 4.18. The third-order valence-electron chi connectivity index (χ3n) is 5.88. The lowest BCUT2D eigenvalue weighted by atomic mass is 9.97. The van der Waals surface area contributed by atoms with E-state index in [0.29, 0.717) is 47.1 Å². The van der Waals surface area contributed by atoms with Crippen LogP contribution in [0.2, 0.25) is 0 Å². The highest BCUT2D eigenvalue weighted by molar-refractivity contribution is 7.80. The highest BCUT2D eigenvalue weighted by Gasteiger charge is 2.22. The summed E-state index contributed by atoms with van der Waals surface area (Å²) in [6.45, 7) is 6.82. The predicted octanol–water partition coefficient (Wildman–Crippen LogP) is 5.83. The first-order valence-electron chi connectivity index (χ1n) is 11.8. The van der Waals surface area contributed by atoms with Gasteiger partial charge in [-0.3, -0.25) is 4.79 Å². The van der Waals surface area contributed by atoms with Gasteiger partial charge in [0.25, 0.3) is 5.91 Å². The molecule has 35 heavy (non-hydrogen) atoms. The van der Waals surface area contributed by atoms with Crippen molar-refractivity contribution in [1.82, 2.24) is 14.9 Å². The Morgan fingerprint density at radius 3 is 2.57 bits per heavy atom. The molecule has 3 rings (SSSR count). The molecule has 0 aliphatic rings. The van der Waals surface area contributed by atoms with Crippen LogP contribution in [0.1, 0.15) is 71.5 Å². The number of amides is 1. The summed E-state index contributed by atoms with van der Waals surface area (Å²) in [6.07, 6.45) is 2.61. The third kappa shape index (κ3) is 6.51. The fraction of sp³-hybridized carbons (Fsp3) is 0.370.